The molecule has 1 aliphatic carbocycles. The predicted molar refractivity (Wildman–Crippen MR) is 126 cm³/mol. The molecular formula is C24H31F3N6O2. The number of alkyl halides is 3. The molecule has 0 bridgehead atoms. The molecule has 3 unspecified atom stereocenters. The third-order valence-electron chi connectivity index (χ3n) is 6.73. The number of nitrogens with zero attached hydrogens (tertiary/aromatic N) is 3. The number of amides is 1. The Morgan fingerprint density at radius 3 is 2.71 bits per heavy atom. The fraction of sp³-hybridized carbons (Fsp3) is 0.583. The van der Waals surface area contributed by atoms with E-state index >= 15 is 0 Å². The number of likely N-dealkylation sites (tertiary alicyclic amines) is 1. The van der Waals surface area contributed by atoms with Crippen LogP contribution in [-0.2, 0) is 15.8 Å². The third kappa shape index (κ3) is 6.07. The number of nitrogens with two attached hydrogens (primary N) is 1. The van der Waals surface area contributed by atoms with Crippen molar-refractivity contribution in [1.29, 1.82) is 0 Å². The highest BCUT2D eigenvalue weighted by Gasteiger charge is 2.42. The summed E-state index contributed by atoms with van der Waals surface area (Å²) in [7, 11) is 0. The van der Waals surface area contributed by atoms with Crippen molar-refractivity contribution in [3.8, 4) is 0 Å². The largest absolute Gasteiger partial charge is 0.416 e. The van der Waals surface area contributed by atoms with Crippen LogP contribution in [0, 0.1) is 5.92 Å². The minimum atomic E-state index is -4.42. The average Bonchev–Trinajstić information content (AvgIpc) is 3.22. The van der Waals surface area contributed by atoms with Gasteiger partial charge in [-0.1, -0.05) is 13.8 Å². The van der Waals surface area contributed by atoms with E-state index in [2.05, 4.69) is 39.3 Å². The second kappa shape index (κ2) is 10.1. The highest BCUT2D eigenvalue weighted by atomic mass is 19.4. The lowest BCUT2D eigenvalue weighted by Gasteiger charge is -2.39. The molecule has 4 N–H and O–H groups in total. The van der Waals surface area contributed by atoms with Crippen molar-refractivity contribution >= 4 is 28.5 Å². The second-order valence-corrected chi connectivity index (χ2v) is 9.87. The van der Waals surface area contributed by atoms with Crippen molar-refractivity contribution in [3.05, 3.63) is 30.0 Å². The summed E-state index contributed by atoms with van der Waals surface area (Å²) < 4.78 is 38.8. The summed E-state index contributed by atoms with van der Waals surface area (Å²) in [5.74, 6) is -0.456. The van der Waals surface area contributed by atoms with Crippen LogP contribution in [0.4, 0.5) is 19.1 Å². The number of ketones is 1. The van der Waals surface area contributed by atoms with E-state index in [-0.39, 0.29) is 42.3 Å². The first-order valence-electron chi connectivity index (χ1n) is 11.9. The molecule has 2 aromatic rings. The van der Waals surface area contributed by atoms with Crippen molar-refractivity contribution in [2.75, 3.05) is 18.4 Å². The number of aromatic nitrogens is 2. The summed E-state index contributed by atoms with van der Waals surface area (Å²) in [6.07, 6.45) is -0.938. The molecule has 35 heavy (non-hydrogen) atoms. The second-order valence-electron chi connectivity index (χ2n) is 9.87. The number of carbonyl (C=O) groups excluding carboxylic acids is 2. The Morgan fingerprint density at radius 2 is 2.03 bits per heavy atom. The van der Waals surface area contributed by atoms with E-state index in [1.54, 1.807) is 0 Å². The van der Waals surface area contributed by atoms with Gasteiger partial charge in [-0.25, -0.2) is 9.97 Å². The van der Waals surface area contributed by atoms with Gasteiger partial charge in [0, 0.05) is 55.1 Å². The maximum Gasteiger partial charge on any atom is 0.416 e. The lowest BCUT2D eigenvalue weighted by molar-refractivity contribution is -0.137. The summed E-state index contributed by atoms with van der Waals surface area (Å²) in [6.45, 7) is 5.41. The van der Waals surface area contributed by atoms with Crippen LogP contribution in [0.25, 0.3) is 10.9 Å². The Labute approximate surface area is 201 Å². The van der Waals surface area contributed by atoms with Crippen LogP contribution in [0.15, 0.2) is 24.4 Å². The van der Waals surface area contributed by atoms with Crippen LogP contribution in [0.5, 0.6) is 0 Å². The van der Waals surface area contributed by atoms with Gasteiger partial charge in [0.25, 0.3) is 0 Å². The molecule has 1 aromatic carbocycles. The molecule has 0 spiro atoms. The van der Waals surface area contributed by atoms with E-state index in [1.165, 1.54) is 12.3 Å². The quantitative estimate of drug-likeness (QED) is 0.545. The molecule has 2 aliphatic rings. The van der Waals surface area contributed by atoms with Crippen LogP contribution >= 0.6 is 0 Å². The van der Waals surface area contributed by atoms with E-state index in [0.29, 0.717) is 42.8 Å². The predicted octanol–water partition coefficient (Wildman–Crippen LogP) is 2.72. The number of halogens is 3. The Morgan fingerprint density at radius 1 is 1.26 bits per heavy atom. The summed E-state index contributed by atoms with van der Waals surface area (Å²) >= 11 is 0. The molecule has 1 amide bonds. The van der Waals surface area contributed by atoms with E-state index < -0.39 is 17.6 Å². The molecule has 1 aromatic heterocycles. The van der Waals surface area contributed by atoms with Gasteiger partial charge in [-0.15, -0.1) is 0 Å². The van der Waals surface area contributed by atoms with E-state index in [9.17, 15) is 22.8 Å². The van der Waals surface area contributed by atoms with Crippen LogP contribution in [0.2, 0.25) is 0 Å². The highest BCUT2D eigenvalue weighted by Crippen LogP contribution is 2.32. The number of fused-ring (bicyclic) bond motifs is 1. The monoisotopic (exact) mass is 492 g/mol. The normalized spacial score (nSPS) is 25.9. The standard InChI is InChI=1S/C24H31F3N6O2/c1-13(2)30-18-8-14(9-21(28)34)22(35)20(10-18)33-6-5-17(12-33)31-23-29-11-15-7-16(24(25,26)27)3-4-19(15)32-23/h3-4,7,11,13-14,17-18,20,30H,5-6,8-10,12H2,1-2H3,(H2,28,34)(H,29,31,32)/t14?,17?,18?,20-/m0/s1. The van der Waals surface area contributed by atoms with Gasteiger partial charge in [-0.3, -0.25) is 14.5 Å². The molecule has 1 aliphatic heterocycles. The number of hydrogen-bond acceptors (Lipinski definition) is 7. The number of rotatable bonds is 7. The fourth-order valence-electron chi connectivity index (χ4n) is 5.23. The van der Waals surface area contributed by atoms with Crippen LogP contribution in [0.1, 0.15) is 45.1 Å². The number of anilines is 1. The number of primary amides is 1. The molecule has 1 saturated heterocycles. The zero-order chi connectivity index (χ0) is 25.3. The van der Waals surface area contributed by atoms with Gasteiger partial charge in [0.2, 0.25) is 11.9 Å². The third-order valence-corrected chi connectivity index (χ3v) is 6.73. The van der Waals surface area contributed by atoms with E-state index in [1.807, 2.05) is 0 Å². The zero-order valence-electron chi connectivity index (χ0n) is 19.8. The van der Waals surface area contributed by atoms with E-state index in [0.717, 1.165) is 18.6 Å². The van der Waals surface area contributed by atoms with Crippen molar-refractivity contribution in [3.63, 3.8) is 0 Å². The Balaban J connectivity index is 1.43. The molecule has 4 atom stereocenters. The number of nitrogens with one attached hydrogen (secondary N) is 2. The molecule has 2 heterocycles. The summed E-state index contributed by atoms with van der Waals surface area (Å²) in [6, 6.07) is 3.46. The minimum absolute atomic E-state index is 0.0114. The number of Topliss-reactive ketones (excluding diaryl/α,β-unsaturated/α-hetero) is 1. The molecule has 2 fully saturated rings. The Kier molecular flexibility index (Phi) is 7.27. The maximum absolute atomic E-state index is 13.2. The van der Waals surface area contributed by atoms with Gasteiger partial charge in [-0.05, 0) is 37.5 Å². The first-order chi connectivity index (χ1) is 16.5. The Hall–Kier alpha value is -2.79. The lowest BCUT2D eigenvalue weighted by Crippen LogP contribution is -2.54. The molecule has 1 saturated carbocycles. The van der Waals surface area contributed by atoms with Crippen LogP contribution in [0.3, 0.4) is 0 Å². The van der Waals surface area contributed by atoms with Gasteiger partial charge in [0.1, 0.15) is 0 Å². The Bertz CT molecular complexity index is 1090. The van der Waals surface area contributed by atoms with Crippen molar-refractivity contribution in [1.82, 2.24) is 20.2 Å². The highest BCUT2D eigenvalue weighted by molar-refractivity contribution is 5.91. The average molecular weight is 493 g/mol. The van der Waals surface area contributed by atoms with Gasteiger partial charge >= 0.3 is 6.18 Å². The smallest absolute Gasteiger partial charge is 0.370 e. The maximum atomic E-state index is 13.2. The van der Waals surface area contributed by atoms with Crippen LogP contribution < -0.4 is 16.4 Å². The van der Waals surface area contributed by atoms with Gasteiger partial charge in [0.05, 0.1) is 17.1 Å². The topological polar surface area (TPSA) is 113 Å². The van der Waals surface area contributed by atoms with Crippen molar-refractivity contribution in [2.45, 2.75) is 69.9 Å². The van der Waals surface area contributed by atoms with Gasteiger partial charge in [-0.2, -0.15) is 13.2 Å². The van der Waals surface area contributed by atoms with Crippen LogP contribution in [-0.4, -0.2) is 63.8 Å². The number of carbonyl (C=O) groups is 2. The first-order valence-corrected chi connectivity index (χ1v) is 11.9. The van der Waals surface area contributed by atoms with Gasteiger partial charge < -0.3 is 16.4 Å². The van der Waals surface area contributed by atoms with Gasteiger partial charge in [0.15, 0.2) is 5.78 Å². The molecule has 190 valence electrons. The molecule has 8 nitrogen and oxygen atoms in total. The minimum Gasteiger partial charge on any atom is -0.370 e. The summed E-state index contributed by atoms with van der Waals surface area (Å²) in [5, 5.41) is 7.08. The zero-order valence-corrected chi connectivity index (χ0v) is 19.8. The molecule has 0 radical (unpaired) electrons. The fourth-order valence-corrected chi connectivity index (χ4v) is 5.23. The van der Waals surface area contributed by atoms with E-state index in [4.69, 9.17) is 5.73 Å². The molecular weight excluding hydrogens is 461 g/mol. The lowest BCUT2D eigenvalue weighted by atomic mass is 9.78. The summed E-state index contributed by atoms with van der Waals surface area (Å²) in [4.78, 5) is 35.4. The van der Waals surface area contributed by atoms with Crippen molar-refractivity contribution in [2.24, 2.45) is 11.7 Å². The first kappa shape index (κ1) is 25.3. The van der Waals surface area contributed by atoms with Crippen molar-refractivity contribution < 1.29 is 22.8 Å². The number of hydrogen-bond donors (Lipinski definition) is 3. The molecule has 4 rings (SSSR count). The number of benzene rings is 1. The SMILES string of the molecule is CC(C)NC1CC(CC(N)=O)C(=O)[C@@H](N2CCC(Nc3ncc4cc(C(F)(F)F)ccc4n3)C2)C1. The summed E-state index contributed by atoms with van der Waals surface area (Å²) in [5.41, 5.74) is 5.09. The molecule has 11 heteroatoms.